The molecule has 0 fully saturated rings. The van der Waals surface area contributed by atoms with Crippen LogP contribution in [0, 0.1) is 0 Å². The first-order chi connectivity index (χ1) is 40.0. The fraction of sp³-hybridized carbons (Fsp3) is 0.211. The second-order valence-corrected chi connectivity index (χ2v) is 22.8. The van der Waals surface area contributed by atoms with E-state index in [0.29, 0.717) is 35.1 Å². The second-order valence-electron chi connectivity index (χ2n) is 22.8. The van der Waals surface area contributed by atoms with E-state index in [1.807, 2.05) is 24.3 Å². The number of hydrogen-bond donors (Lipinski definition) is 0. The third-order valence-corrected chi connectivity index (χ3v) is 18.4. The van der Waals surface area contributed by atoms with Crippen molar-refractivity contribution in [1.82, 2.24) is 0 Å². The van der Waals surface area contributed by atoms with Crippen LogP contribution in [0.15, 0.2) is 203 Å². The van der Waals surface area contributed by atoms with Gasteiger partial charge in [-0.2, -0.15) is 0 Å². The van der Waals surface area contributed by atoms with Crippen molar-refractivity contribution in [3.63, 3.8) is 0 Å². The maximum absolute atomic E-state index is 9.06. The summed E-state index contributed by atoms with van der Waals surface area (Å²) >= 11 is 0. The van der Waals surface area contributed by atoms with Crippen LogP contribution in [0.5, 0.6) is 0 Å². The minimum atomic E-state index is 0.233. The molecule has 0 saturated heterocycles. The van der Waals surface area contributed by atoms with Gasteiger partial charge in [0.15, 0.2) is 11.2 Å². The molecular weight excluding hydrogens is 973 g/mol. The van der Waals surface area contributed by atoms with Crippen LogP contribution in [0.3, 0.4) is 0 Å². The Labute approximate surface area is 472 Å². The average Bonchev–Trinajstić information content (AvgIpc) is 1.51. The highest BCUT2D eigenvalue weighted by Gasteiger charge is 2.31. The Bertz CT molecular complexity index is 4520. The van der Waals surface area contributed by atoms with Gasteiger partial charge in [-0.25, -0.2) is 0 Å². The van der Waals surface area contributed by atoms with E-state index in [0.717, 1.165) is 114 Å². The fourth-order valence-electron chi connectivity index (χ4n) is 13.1. The van der Waals surface area contributed by atoms with Gasteiger partial charge in [-0.3, -0.25) is 0 Å². The number of fused-ring (bicyclic) bond motifs is 8. The van der Waals surface area contributed by atoms with Crippen LogP contribution in [0.1, 0.15) is 130 Å². The number of hydrogen-bond acceptors (Lipinski definition) is 4. The summed E-state index contributed by atoms with van der Waals surface area (Å²) < 4.78 is 32.1. The van der Waals surface area contributed by atoms with Crippen LogP contribution in [-0.2, 0) is 0 Å². The monoisotopic (exact) mass is 1040 g/mol. The quantitative estimate of drug-likeness (QED) is 0.102. The van der Waals surface area contributed by atoms with Crippen molar-refractivity contribution in [3.05, 3.63) is 216 Å². The Hall–Kier alpha value is -8.60. The predicted octanol–water partition coefficient (Wildman–Crippen LogP) is 23.7. The molecule has 2 heterocycles. The van der Waals surface area contributed by atoms with E-state index in [9.17, 15) is 0 Å². The van der Waals surface area contributed by atoms with Crippen molar-refractivity contribution < 1.29 is 11.6 Å². The Kier molecular flexibility index (Phi) is 11.6. The molecule has 394 valence electrons. The Morgan fingerprint density at radius 2 is 0.738 bits per heavy atom. The van der Waals surface area contributed by atoms with Crippen molar-refractivity contribution >= 4 is 132 Å². The summed E-state index contributed by atoms with van der Waals surface area (Å²) in [6.45, 7) is 18.5. The van der Waals surface area contributed by atoms with Crippen LogP contribution in [0.4, 0.5) is 34.1 Å². The van der Waals surface area contributed by atoms with Crippen molar-refractivity contribution in [3.8, 4) is 0 Å². The van der Waals surface area contributed by atoms with Crippen molar-refractivity contribution in [2.45, 2.75) is 105 Å². The number of rotatable bonds is 14. The van der Waals surface area contributed by atoms with E-state index in [1.54, 1.807) is 0 Å². The molecule has 0 aliphatic carbocycles. The zero-order chi connectivity index (χ0) is 56.2. The maximum Gasteiger partial charge on any atom is 0.159 e. The highest BCUT2D eigenvalue weighted by Crippen LogP contribution is 2.54. The lowest BCUT2D eigenvalue weighted by molar-refractivity contribution is 0.668. The molecule has 80 heavy (non-hydrogen) atoms. The van der Waals surface area contributed by atoms with Crippen molar-refractivity contribution in [2.24, 2.45) is 0 Å². The Morgan fingerprint density at radius 3 is 1.16 bits per heavy atom. The van der Waals surface area contributed by atoms with Gasteiger partial charge in [0.05, 0.1) is 36.9 Å². The lowest BCUT2D eigenvalue weighted by Crippen LogP contribution is -2.15. The minimum absolute atomic E-state index is 0.233. The first kappa shape index (κ1) is 47.4. The fourth-order valence-corrected chi connectivity index (χ4v) is 13.1. The summed E-state index contributed by atoms with van der Waals surface area (Å²) in [4.78, 5) is 5.04. The standard InChI is InChI=1S/C76H68N2O2/c1-9-45(5)53-29-27-49-31-37-55(47(7)11-3)73(63(49)43-53)77(67-23-17-21-59-57-19-13-15-25-69(57)79-75(59)67)65-41-35-51-34-40-62-66(42-36-52-33-39-61(65)71(51)72(52)62)78(68-24-18-22-60-58-20-14-16-26-70(58)80-76(60)68)74-56(48(8)12-4)38-32-50-28-30-54(44-64(50)74)46(6)10-2/h13-48H,9-12H2,1-8H3/i25D,26D. The molecule has 4 unspecified atom stereocenters. The number of furan rings is 2. The zero-order valence-electron chi connectivity index (χ0n) is 49.2. The molecule has 0 N–H and O–H groups in total. The molecule has 0 radical (unpaired) electrons. The molecule has 0 aliphatic rings. The van der Waals surface area contributed by atoms with Gasteiger partial charge < -0.3 is 18.6 Å². The summed E-state index contributed by atoms with van der Waals surface area (Å²) in [5.74, 6) is 1.22. The summed E-state index contributed by atoms with van der Waals surface area (Å²) in [5, 5.41) is 15.6. The predicted molar refractivity (Wildman–Crippen MR) is 344 cm³/mol. The Morgan fingerprint density at radius 1 is 0.350 bits per heavy atom. The topological polar surface area (TPSA) is 32.8 Å². The van der Waals surface area contributed by atoms with Gasteiger partial charge in [0, 0.05) is 43.1 Å². The molecule has 0 bridgehead atoms. The summed E-state index contributed by atoms with van der Waals surface area (Å²) in [7, 11) is 0. The lowest BCUT2D eigenvalue weighted by atomic mass is 9.88. The van der Waals surface area contributed by atoms with Gasteiger partial charge >= 0.3 is 0 Å². The van der Waals surface area contributed by atoms with E-state index in [-0.39, 0.29) is 11.8 Å². The normalized spacial score (nSPS) is 14.1. The third-order valence-electron chi connectivity index (χ3n) is 18.4. The second kappa shape index (κ2) is 19.6. The van der Waals surface area contributed by atoms with Gasteiger partial charge in [-0.15, -0.1) is 0 Å². The van der Waals surface area contributed by atoms with E-state index in [4.69, 9.17) is 11.6 Å². The molecule has 4 atom stereocenters. The van der Waals surface area contributed by atoms with Crippen molar-refractivity contribution in [1.29, 1.82) is 0 Å². The van der Waals surface area contributed by atoms with Crippen LogP contribution >= 0.6 is 0 Å². The highest BCUT2D eigenvalue weighted by atomic mass is 16.3. The van der Waals surface area contributed by atoms with Gasteiger partial charge in [-0.1, -0.05) is 201 Å². The Balaban J connectivity index is 1.11. The van der Waals surface area contributed by atoms with Gasteiger partial charge in [-0.05, 0) is 152 Å². The molecule has 14 rings (SSSR count). The number of nitrogens with zero attached hydrogens (tertiary/aromatic N) is 2. The van der Waals surface area contributed by atoms with Gasteiger partial charge in [0.2, 0.25) is 0 Å². The van der Waals surface area contributed by atoms with Crippen LogP contribution < -0.4 is 9.80 Å². The molecule has 4 heteroatoms. The smallest absolute Gasteiger partial charge is 0.159 e. The average molecular weight is 1040 g/mol. The summed E-state index contributed by atoms with van der Waals surface area (Å²) in [5.41, 5.74) is 14.2. The highest BCUT2D eigenvalue weighted by molar-refractivity contribution is 6.29. The molecular formula is C76H68N2O2. The zero-order valence-corrected chi connectivity index (χ0v) is 47.2. The molecule has 4 nitrogen and oxygen atoms in total. The summed E-state index contributed by atoms with van der Waals surface area (Å²) in [6, 6.07) is 67.7. The third kappa shape index (κ3) is 7.70. The SMILES string of the molecule is [2H]c1cccc2c1oc1c(N(c3c(C(C)CC)ccc4ccc(C(C)CC)cc34)c3ccc4ccc5c(N(c6c(C(C)CC)ccc7ccc(C(C)CC)cc67)c6cccc7c6oc6c([2H])cccc67)ccc6ccc3c4c65)cccc12. The van der Waals surface area contributed by atoms with E-state index in [1.165, 1.54) is 54.6 Å². The number of benzene rings is 12. The first-order valence-electron chi connectivity index (χ1n) is 30.2. The lowest BCUT2D eigenvalue weighted by Gasteiger charge is -2.33. The molecule has 0 amide bonds. The van der Waals surface area contributed by atoms with Crippen LogP contribution in [0.2, 0.25) is 0 Å². The van der Waals surface area contributed by atoms with Crippen LogP contribution in [-0.4, -0.2) is 0 Å². The van der Waals surface area contributed by atoms with E-state index in [2.05, 4.69) is 223 Å². The minimum Gasteiger partial charge on any atom is -0.454 e. The molecule has 0 saturated carbocycles. The van der Waals surface area contributed by atoms with Gasteiger partial charge in [0.1, 0.15) is 11.2 Å². The molecule has 12 aromatic carbocycles. The van der Waals surface area contributed by atoms with E-state index < -0.39 is 0 Å². The largest absolute Gasteiger partial charge is 0.454 e. The van der Waals surface area contributed by atoms with E-state index >= 15 is 0 Å². The molecule has 0 spiro atoms. The van der Waals surface area contributed by atoms with Crippen molar-refractivity contribution in [2.75, 3.05) is 9.80 Å². The maximum atomic E-state index is 9.06. The molecule has 14 aromatic rings. The molecule has 0 aliphatic heterocycles. The molecule has 2 aromatic heterocycles. The number of para-hydroxylation sites is 4. The number of anilines is 6. The van der Waals surface area contributed by atoms with Crippen LogP contribution in [0.25, 0.3) is 97.7 Å². The van der Waals surface area contributed by atoms with Gasteiger partial charge in [0.25, 0.3) is 0 Å². The summed E-state index contributed by atoms with van der Waals surface area (Å²) in [6.07, 6.45) is 4.00. The first-order valence-corrected chi connectivity index (χ1v) is 29.2.